The molecule has 2 aliphatic rings. The fraction of sp³-hybridized carbons (Fsp3) is 0.917. The second-order valence-electron chi connectivity index (χ2n) is 5.93. The van der Waals surface area contributed by atoms with Crippen molar-refractivity contribution in [3.05, 3.63) is 0 Å². The Hall–Kier alpha value is -0.370. The third-order valence-corrected chi connectivity index (χ3v) is 6.43. The molecule has 4 atom stereocenters. The highest BCUT2D eigenvalue weighted by atomic mass is 35.5. The average molecular weight is 324 g/mol. The van der Waals surface area contributed by atoms with Crippen LogP contribution in [0.3, 0.4) is 0 Å². The summed E-state index contributed by atoms with van der Waals surface area (Å²) < 4.78 is 22.9. The third-order valence-electron chi connectivity index (χ3n) is 4.05. The second-order valence-corrected chi connectivity index (χ2v) is 8.65. The van der Waals surface area contributed by atoms with E-state index in [-0.39, 0.29) is 30.0 Å². The standard InChI is InChI=1S/C12H22ClN3O3S/c1-8-4-16(3-2-10(8)14)5-12(17)15-11-7-20(18,19)6-9(11)13/h8-11H,2-7,14H2,1H3,(H,15,17). The molecule has 0 saturated carbocycles. The number of sulfone groups is 1. The number of nitrogens with two attached hydrogens (primary N) is 1. The van der Waals surface area contributed by atoms with Crippen LogP contribution in [0.2, 0.25) is 0 Å². The van der Waals surface area contributed by atoms with Crippen molar-refractivity contribution < 1.29 is 13.2 Å². The molecule has 3 N–H and O–H groups in total. The molecule has 2 saturated heterocycles. The van der Waals surface area contributed by atoms with Gasteiger partial charge in [-0.05, 0) is 12.3 Å². The first-order valence-corrected chi connectivity index (χ1v) is 9.14. The molecule has 2 fully saturated rings. The number of nitrogens with one attached hydrogen (secondary N) is 1. The molecule has 8 heteroatoms. The second kappa shape index (κ2) is 6.17. The quantitative estimate of drug-likeness (QED) is 0.662. The van der Waals surface area contributed by atoms with Crippen molar-refractivity contribution in [1.29, 1.82) is 0 Å². The van der Waals surface area contributed by atoms with Gasteiger partial charge in [-0.2, -0.15) is 0 Å². The lowest BCUT2D eigenvalue weighted by Gasteiger charge is -2.34. The van der Waals surface area contributed by atoms with Gasteiger partial charge >= 0.3 is 0 Å². The topological polar surface area (TPSA) is 92.5 Å². The molecule has 0 aliphatic carbocycles. The number of alkyl halides is 1. The monoisotopic (exact) mass is 323 g/mol. The summed E-state index contributed by atoms with van der Waals surface area (Å²) in [4.78, 5) is 14.0. The molecule has 0 aromatic rings. The maximum absolute atomic E-state index is 12.0. The van der Waals surface area contributed by atoms with Crippen LogP contribution in [0.15, 0.2) is 0 Å². The maximum atomic E-state index is 12.0. The Labute approximate surface area is 124 Å². The van der Waals surface area contributed by atoms with Gasteiger partial charge in [0.25, 0.3) is 0 Å². The predicted octanol–water partition coefficient (Wildman–Crippen LogP) is -0.824. The van der Waals surface area contributed by atoms with Crippen molar-refractivity contribution >= 4 is 27.3 Å². The van der Waals surface area contributed by atoms with E-state index in [0.717, 1.165) is 19.5 Å². The van der Waals surface area contributed by atoms with E-state index in [4.69, 9.17) is 17.3 Å². The van der Waals surface area contributed by atoms with Crippen molar-refractivity contribution in [2.45, 2.75) is 30.8 Å². The summed E-state index contributed by atoms with van der Waals surface area (Å²) >= 11 is 5.97. The summed E-state index contributed by atoms with van der Waals surface area (Å²) in [6.45, 7) is 3.94. The molecule has 0 aromatic heterocycles. The first-order chi connectivity index (χ1) is 9.27. The molecule has 2 heterocycles. The number of rotatable bonds is 3. The number of nitrogens with zero attached hydrogens (tertiary/aromatic N) is 1. The lowest BCUT2D eigenvalue weighted by Crippen LogP contribution is -2.51. The van der Waals surface area contributed by atoms with E-state index in [2.05, 4.69) is 17.1 Å². The van der Waals surface area contributed by atoms with Crippen LogP contribution in [0.1, 0.15) is 13.3 Å². The van der Waals surface area contributed by atoms with Gasteiger partial charge in [0.1, 0.15) is 0 Å². The minimum atomic E-state index is -3.12. The van der Waals surface area contributed by atoms with Gasteiger partial charge in [0.05, 0.1) is 29.5 Å². The first-order valence-electron chi connectivity index (χ1n) is 6.88. The lowest BCUT2D eigenvalue weighted by atomic mass is 9.95. The molecular formula is C12H22ClN3O3S. The highest BCUT2D eigenvalue weighted by molar-refractivity contribution is 7.91. The van der Waals surface area contributed by atoms with Crippen molar-refractivity contribution in [2.75, 3.05) is 31.1 Å². The van der Waals surface area contributed by atoms with Gasteiger partial charge in [-0.25, -0.2) is 8.42 Å². The minimum absolute atomic E-state index is 0.0604. The Kier molecular flexibility index (Phi) is 4.94. The number of halogens is 1. The van der Waals surface area contributed by atoms with E-state index in [1.165, 1.54) is 0 Å². The van der Waals surface area contributed by atoms with E-state index in [0.29, 0.717) is 5.92 Å². The number of amides is 1. The molecule has 0 bridgehead atoms. The summed E-state index contributed by atoms with van der Waals surface area (Å²) in [5.74, 6) is 0.0770. The molecular weight excluding hydrogens is 302 g/mol. The summed E-state index contributed by atoms with van der Waals surface area (Å²) in [6.07, 6.45) is 0.879. The highest BCUT2D eigenvalue weighted by Crippen LogP contribution is 2.18. The van der Waals surface area contributed by atoms with E-state index in [1.807, 2.05) is 0 Å². The number of hydrogen-bond donors (Lipinski definition) is 2. The van der Waals surface area contributed by atoms with E-state index < -0.39 is 21.3 Å². The summed E-state index contributed by atoms with van der Waals surface area (Å²) in [6, 6.07) is -0.278. The number of likely N-dealkylation sites (tertiary alicyclic amines) is 1. The minimum Gasteiger partial charge on any atom is -0.350 e. The number of carbonyl (C=O) groups is 1. The van der Waals surface area contributed by atoms with Crippen LogP contribution < -0.4 is 11.1 Å². The van der Waals surface area contributed by atoms with Crippen LogP contribution in [0.5, 0.6) is 0 Å². The van der Waals surface area contributed by atoms with Gasteiger partial charge in [-0.1, -0.05) is 6.92 Å². The van der Waals surface area contributed by atoms with Crippen molar-refractivity contribution in [3.63, 3.8) is 0 Å². The van der Waals surface area contributed by atoms with Crippen LogP contribution in [0.25, 0.3) is 0 Å². The zero-order chi connectivity index (χ0) is 14.9. The van der Waals surface area contributed by atoms with Crippen LogP contribution in [0.4, 0.5) is 0 Å². The Balaban J connectivity index is 1.81. The van der Waals surface area contributed by atoms with Crippen LogP contribution in [-0.4, -0.2) is 67.8 Å². The van der Waals surface area contributed by atoms with Gasteiger partial charge in [0, 0.05) is 19.1 Å². The molecule has 2 aliphatic heterocycles. The average Bonchev–Trinajstić information content (AvgIpc) is 2.57. The Morgan fingerprint density at radius 2 is 2.15 bits per heavy atom. The normalized spacial score (nSPS) is 37.8. The molecule has 6 nitrogen and oxygen atoms in total. The SMILES string of the molecule is CC1CN(CC(=O)NC2CS(=O)(=O)CC2Cl)CCC1N. The number of hydrogen-bond acceptors (Lipinski definition) is 5. The van der Waals surface area contributed by atoms with Crippen LogP contribution >= 0.6 is 11.6 Å². The zero-order valence-corrected chi connectivity index (χ0v) is 13.2. The van der Waals surface area contributed by atoms with Gasteiger partial charge in [0.2, 0.25) is 5.91 Å². The van der Waals surface area contributed by atoms with Crippen LogP contribution in [-0.2, 0) is 14.6 Å². The third kappa shape index (κ3) is 4.07. The fourth-order valence-corrected chi connectivity index (χ4v) is 5.34. The fourth-order valence-electron chi connectivity index (χ4n) is 2.79. The van der Waals surface area contributed by atoms with E-state index in [1.54, 1.807) is 0 Å². The van der Waals surface area contributed by atoms with Crippen molar-refractivity contribution in [2.24, 2.45) is 11.7 Å². The largest absolute Gasteiger partial charge is 0.350 e. The predicted molar refractivity (Wildman–Crippen MR) is 78.4 cm³/mol. The van der Waals surface area contributed by atoms with Crippen molar-refractivity contribution in [1.82, 2.24) is 10.2 Å². The van der Waals surface area contributed by atoms with Gasteiger partial charge in [-0.15, -0.1) is 11.6 Å². The Bertz CT molecular complexity index is 471. The number of piperidine rings is 1. The van der Waals surface area contributed by atoms with E-state index in [9.17, 15) is 13.2 Å². The summed E-state index contributed by atoms with van der Waals surface area (Å²) in [5, 5.41) is 2.20. The summed E-state index contributed by atoms with van der Waals surface area (Å²) in [5.41, 5.74) is 5.94. The molecule has 2 rings (SSSR count). The Morgan fingerprint density at radius 1 is 1.45 bits per heavy atom. The smallest absolute Gasteiger partial charge is 0.234 e. The van der Waals surface area contributed by atoms with Gasteiger partial charge in [0.15, 0.2) is 9.84 Å². The molecule has 0 aromatic carbocycles. The van der Waals surface area contributed by atoms with Crippen molar-refractivity contribution in [3.8, 4) is 0 Å². The first kappa shape index (κ1) is 16.0. The molecule has 0 radical (unpaired) electrons. The Morgan fingerprint density at radius 3 is 2.70 bits per heavy atom. The molecule has 20 heavy (non-hydrogen) atoms. The maximum Gasteiger partial charge on any atom is 0.234 e. The highest BCUT2D eigenvalue weighted by Gasteiger charge is 2.37. The van der Waals surface area contributed by atoms with Crippen LogP contribution in [0, 0.1) is 5.92 Å². The molecule has 1 amide bonds. The van der Waals surface area contributed by atoms with Gasteiger partial charge < -0.3 is 11.1 Å². The zero-order valence-electron chi connectivity index (χ0n) is 11.6. The molecule has 0 spiro atoms. The van der Waals surface area contributed by atoms with Gasteiger partial charge in [-0.3, -0.25) is 9.69 Å². The summed E-state index contributed by atoms with van der Waals surface area (Å²) in [7, 11) is -3.12. The molecule has 116 valence electrons. The molecule has 4 unspecified atom stereocenters. The lowest BCUT2D eigenvalue weighted by molar-refractivity contribution is -0.123. The van der Waals surface area contributed by atoms with E-state index >= 15 is 0 Å². The number of carbonyl (C=O) groups excluding carboxylic acids is 1.